The SMILES string of the molecule is CN1CCC(NC2CCC2)C(F)(F)C1. The second-order valence-corrected chi connectivity index (χ2v) is 4.63. The average molecular weight is 204 g/mol. The number of hydrogen-bond donors (Lipinski definition) is 1. The molecule has 0 spiro atoms. The molecule has 1 aliphatic heterocycles. The highest BCUT2D eigenvalue weighted by atomic mass is 19.3. The van der Waals surface area contributed by atoms with Gasteiger partial charge in [-0.1, -0.05) is 6.42 Å². The lowest BCUT2D eigenvalue weighted by molar-refractivity contribution is -0.0891. The van der Waals surface area contributed by atoms with Crippen LogP contribution in [0.4, 0.5) is 8.78 Å². The molecule has 0 radical (unpaired) electrons. The second-order valence-electron chi connectivity index (χ2n) is 4.63. The highest BCUT2D eigenvalue weighted by Crippen LogP contribution is 2.29. The molecule has 2 nitrogen and oxygen atoms in total. The maximum atomic E-state index is 13.5. The van der Waals surface area contributed by atoms with E-state index >= 15 is 0 Å². The van der Waals surface area contributed by atoms with Crippen molar-refractivity contribution in [1.82, 2.24) is 10.2 Å². The molecule has 0 bridgehead atoms. The minimum atomic E-state index is -2.55. The first-order valence-electron chi connectivity index (χ1n) is 5.40. The van der Waals surface area contributed by atoms with Crippen LogP contribution in [0, 0.1) is 0 Å². The fourth-order valence-corrected chi connectivity index (χ4v) is 2.17. The minimum absolute atomic E-state index is 0.0998. The Morgan fingerprint density at radius 2 is 2.00 bits per heavy atom. The van der Waals surface area contributed by atoms with Gasteiger partial charge in [0.25, 0.3) is 5.92 Å². The second kappa shape index (κ2) is 3.74. The molecular formula is C10H18F2N2. The number of halogens is 2. The van der Waals surface area contributed by atoms with Gasteiger partial charge in [0.2, 0.25) is 0 Å². The molecule has 1 atom stereocenters. The highest BCUT2D eigenvalue weighted by Gasteiger charge is 2.44. The van der Waals surface area contributed by atoms with Gasteiger partial charge in [-0.25, -0.2) is 8.78 Å². The number of piperidine rings is 1. The molecule has 0 amide bonds. The van der Waals surface area contributed by atoms with Crippen molar-refractivity contribution in [2.24, 2.45) is 0 Å². The van der Waals surface area contributed by atoms with Crippen LogP contribution in [0.1, 0.15) is 25.7 Å². The number of likely N-dealkylation sites (tertiary alicyclic amines) is 1. The van der Waals surface area contributed by atoms with E-state index < -0.39 is 12.0 Å². The molecule has 0 aromatic carbocycles. The summed E-state index contributed by atoms with van der Waals surface area (Å²) in [7, 11) is 1.76. The molecule has 0 aromatic heterocycles. The summed E-state index contributed by atoms with van der Waals surface area (Å²) in [6, 6.07) is -0.238. The van der Waals surface area contributed by atoms with Gasteiger partial charge in [0.15, 0.2) is 0 Å². The molecule has 1 heterocycles. The van der Waals surface area contributed by atoms with Crippen LogP contribution in [-0.4, -0.2) is 43.0 Å². The summed E-state index contributed by atoms with van der Waals surface area (Å²) in [4.78, 5) is 1.71. The van der Waals surface area contributed by atoms with Gasteiger partial charge in [-0.2, -0.15) is 0 Å². The molecule has 2 aliphatic rings. The lowest BCUT2D eigenvalue weighted by Crippen LogP contribution is -2.59. The number of rotatable bonds is 2. The van der Waals surface area contributed by atoms with Crippen molar-refractivity contribution in [3.8, 4) is 0 Å². The van der Waals surface area contributed by atoms with E-state index in [1.807, 2.05) is 0 Å². The van der Waals surface area contributed by atoms with Crippen LogP contribution < -0.4 is 5.32 Å². The fourth-order valence-electron chi connectivity index (χ4n) is 2.17. The van der Waals surface area contributed by atoms with E-state index in [2.05, 4.69) is 5.32 Å². The van der Waals surface area contributed by atoms with E-state index in [0.717, 1.165) is 19.4 Å². The van der Waals surface area contributed by atoms with E-state index in [1.54, 1.807) is 11.9 Å². The molecule has 0 aromatic rings. The first-order valence-corrected chi connectivity index (χ1v) is 5.40. The van der Waals surface area contributed by atoms with Crippen LogP contribution in [-0.2, 0) is 0 Å². The number of nitrogens with one attached hydrogen (secondary N) is 1. The van der Waals surface area contributed by atoms with Crippen LogP contribution in [0.25, 0.3) is 0 Å². The Bertz CT molecular complexity index is 204. The van der Waals surface area contributed by atoms with Crippen molar-refractivity contribution in [3.05, 3.63) is 0 Å². The third-order valence-electron chi connectivity index (χ3n) is 3.33. The molecular weight excluding hydrogens is 186 g/mol. The number of alkyl halides is 2. The molecule has 1 aliphatic carbocycles. The van der Waals surface area contributed by atoms with Crippen molar-refractivity contribution in [1.29, 1.82) is 0 Å². The Morgan fingerprint density at radius 3 is 2.50 bits per heavy atom. The van der Waals surface area contributed by atoms with Crippen LogP contribution >= 0.6 is 0 Å². The zero-order chi connectivity index (χ0) is 10.2. The molecule has 2 fully saturated rings. The van der Waals surface area contributed by atoms with Gasteiger partial charge in [-0.3, -0.25) is 0 Å². The quantitative estimate of drug-likeness (QED) is 0.732. The highest BCUT2D eigenvalue weighted by molar-refractivity contribution is 4.93. The van der Waals surface area contributed by atoms with Crippen molar-refractivity contribution in [2.75, 3.05) is 20.1 Å². The van der Waals surface area contributed by atoms with Gasteiger partial charge < -0.3 is 10.2 Å². The minimum Gasteiger partial charge on any atom is -0.306 e. The summed E-state index contributed by atoms with van der Waals surface area (Å²) in [6.07, 6.45) is 3.90. The Morgan fingerprint density at radius 1 is 1.29 bits per heavy atom. The van der Waals surface area contributed by atoms with Crippen molar-refractivity contribution in [3.63, 3.8) is 0 Å². The number of nitrogens with zero attached hydrogens (tertiary/aromatic N) is 1. The maximum absolute atomic E-state index is 13.5. The van der Waals surface area contributed by atoms with E-state index in [-0.39, 0.29) is 6.54 Å². The predicted molar refractivity (Wildman–Crippen MR) is 51.6 cm³/mol. The van der Waals surface area contributed by atoms with Gasteiger partial charge in [0.1, 0.15) is 0 Å². The number of hydrogen-bond acceptors (Lipinski definition) is 2. The van der Waals surface area contributed by atoms with Crippen molar-refractivity contribution >= 4 is 0 Å². The molecule has 1 saturated heterocycles. The maximum Gasteiger partial charge on any atom is 0.275 e. The lowest BCUT2D eigenvalue weighted by atomic mass is 9.90. The monoisotopic (exact) mass is 204 g/mol. The molecule has 1 unspecified atom stereocenters. The third-order valence-corrected chi connectivity index (χ3v) is 3.33. The van der Waals surface area contributed by atoms with Crippen LogP contribution in [0.15, 0.2) is 0 Å². The smallest absolute Gasteiger partial charge is 0.275 e. The van der Waals surface area contributed by atoms with Crippen LogP contribution in [0.2, 0.25) is 0 Å². The van der Waals surface area contributed by atoms with Crippen LogP contribution in [0.3, 0.4) is 0 Å². The van der Waals surface area contributed by atoms with Gasteiger partial charge in [-0.15, -0.1) is 0 Å². The predicted octanol–water partition coefficient (Wildman–Crippen LogP) is 1.47. The largest absolute Gasteiger partial charge is 0.306 e. The topological polar surface area (TPSA) is 15.3 Å². The van der Waals surface area contributed by atoms with E-state index in [1.165, 1.54) is 6.42 Å². The molecule has 14 heavy (non-hydrogen) atoms. The van der Waals surface area contributed by atoms with Gasteiger partial charge >= 0.3 is 0 Å². The van der Waals surface area contributed by atoms with Gasteiger partial charge in [0, 0.05) is 6.04 Å². The summed E-state index contributed by atoms with van der Waals surface area (Å²) in [5.41, 5.74) is 0. The van der Waals surface area contributed by atoms with E-state index in [4.69, 9.17) is 0 Å². The normalized spacial score (nSPS) is 34.1. The average Bonchev–Trinajstić information content (AvgIpc) is 1.97. The van der Waals surface area contributed by atoms with Crippen molar-refractivity contribution < 1.29 is 8.78 Å². The zero-order valence-electron chi connectivity index (χ0n) is 8.60. The fraction of sp³-hybridized carbons (Fsp3) is 1.00. The molecule has 1 N–H and O–H groups in total. The first-order chi connectivity index (χ1) is 6.58. The Hall–Kier alpha value is -0.220. The summed E-state index contributed by atoms with van der Waals surface area (Å²) < 4.78 is 27.1. The summed E-state index contributed by atoms with van der Waals surface area (Å²) in [6.45, 7) is 0.678. The van der Waals surface area contributed by atoms with E-state index in [9.17, 15) is 8.78 Å². The Balaban J connectivity index is 1.89. The summed E-state index contributed by atoms with van der Waals surface area (Å²) in [5, 5.41) is 3.09. The summed E-state index contributed by atoms with van der Waals surface area (Å²) >= 11 is 0. The van der Waals surface area contributed by atoms with Gasteiger partial charge in [0.05, 0.1) is 12.6 Å². The zero-order valence-corrected chi connectivity index (χ0v) is 8.60. The van der Waals surface area contributed by atoms with Gasteiger partial charge in [-0.05, 0) is 32.9 Å². The van der Waals surface area contributed by atoms with E-state index in [0.29, 0.717) is 12.5 Å². The lowest BCUT2D eigenvalue weighted by Gasteiger charge is -2.40. The summed E-state index contributed by atoms with van der Waals surface area (Å²) in [5.74, 6) is -2.55. The van der Waals surface area contributed by atoms with Crippen LogP contribution in [0.5, 0.6) is 0 Å². The van der Waals surface area contributed by atoms with Crippen molar-refractivity contribution in [2.45, 2.75) is 43.7 Å². The molecule has 1 saturated carbocycles. The molecule has 4 heteroatoms. The third kappa shape index (κ3) is 2.06. The Kier molecular flexibility index (Phi) is 2.75. The first kappa shape index (κ1) is 10.3. The standard InChI is InChI=1S/C10H18F2N2/c1-14-6-5-9(10(11,12)7-14)13-8-3-2-4-8/h8-9,13H,2-7H2,1H3. The Labute approximate surface area is 83.7 Å². The molecule has 2 rings (SSSR count). The molecule has 82 valence electrons.